The fraction of sp³-hybridized carbons (Fsp3) is 0.278. The molecule has 0 radical (unpaired) electrons. The lowest BCUT2D eigenvalue weighted by atomic mass is 10.0. The van der Waals surface area contributed by atoms with Crippen molar-refractivity contribution in [3.8, 4) is 11.6 Å². The van der Waals surface area contributed by atoms with Crippen molar-refractivity contribution in [1.82, 2.24) is 4.98 Å². The highest BCUT2D eigenvalue weighted by Crippen LogP contribution is 2.34. The van der Waals surface area contributed by atoms with E-state index < -0.39 is 0 Å². The maximum Gasteiger partial charge on any atom is 0.263 e. The van der Waals surface area contributed by atoms with Crippen LogP contribution in [0.4, 0.5) is 0 Å². The number of hydrogen-bond acceptors (Lipinski definition) is 3. The minimum atomic E-state index is 0.405. The van der Waals surface area contributed by atoms with Gasteiger partial charge in [0, 0.05) is 17.1 Å². The summed E-state index contributed by atoms with van der Waals surface area (Å²) in [5.41, 5.74) is 4.22. The molecule has 0 spiro atoms. The molecular weight excluding hydrogens is 262 g/mol. The number of nitrogens with zero attached hydrogens (tertiary/aromatic N) is 1. The predicted molar refractivity (Wildman–Crippen MR) is 84.1 cm³/mol. The molecule has 3 rings (SSSR count). The third-order valence-electron chi connectivity index (χ3n) is 3.52. The molecule has 0 fully saturated rings. The van der Waals surface area contributed by atoms with Crippen LogP contribution in [0, 0.1) is 13.8 Å². The lowest BCUT2D eigenvalue weighted by Gasteiger charge is -2.07. The summed E-state index contributed by atoms with van der Waals surface area (Å²) < 4.78 is 11.6. The second-order valence-electron chi connectivity index (χ2n) is 5.76. The van der Waals surface area contributed by atoms with E-state index in [0.717, 1.165) is 11.1 Å². The Bertz CT molecular complexity index is 767. The third kappa shape index (κ3) is 2.64. The highest BCUT2D eigenvalue weighted by molar-refractivity contribution is 5.85. The van der Waals surface area contributed by atoms with Crippen LogP contribution in [0.25, 0.3) is 11.0 Å². The molecule has 0 bridgehead atoms. The van der Waals surface area contributed by atoms with Crippen molar-refractivity contribution in [1.29, 1.82) is 0 Å². The molecule has 0 aliphatic carbocycles. The number of pyridine rings is 1. The van der Waals surface area contributed by atoms with Gasteiger partial charge in [-0.25, -0.2) is 4.98 Å². The zero-order valence-corrected chi connectivity index (χ0v) is 12.8. The topological polar surface area (TPSA) is 35.3 Å². The average molecular weight is 281 g/mol. The van der Waals surface area contributed by atoms with Gasteiger partial charge in [-0.1, -0.05) is 19.9 Å². The van der Waals surface area contributed by atoms with Crippen molar-refractivity contribution in [3.63, 3.8) is 0 Å². The largest absolute Gasteiger partial charge is 0.458 e. The van der Waals surface area contributed by atoms with Crippen molar-refractivity contribution in [2.24, 2.45) is 0 Å². The van der Waals surface area contributed by atoms with Gasteiger partial charge < -0.3 is 9.15 Å². The van der Waals surface area contributed by atoms with Crippen LogP contribution in [-0.4, -0.2) is 4.98 Å². The number of aryl methyl sites for hydroxylation is 2. The van der Waals surface area contributed by atoms with Crippen molar-refractivity contribution < 1.29 is 9.15 Å². The second-order valence-corrected chi connectivity index (χ2v) is 5.76. The van der Waals surface area contributed by atoms with E-state index in [1.54, 1.807) is 12.5 Å². The van der Waals surface area contributed by atoms with E-state index in [0.29, 0.717) is 17.4 Å². The number of hydrogen-bond donors (Lipinski definition) is 0. The van der Waals surface area contributed by atoms with Gasteiger partial charge in [-0.3, -0.25) is 0 Å². The van der Waals surface area contributed by atoms with Crippen LogP contribution in [0.15, 0.2) is 41.1 Å². The van der Waals surface area contributed by atoms with Crippen LogP contribution in [0.5, 0.6) is 11.6 Å². The van der Waals surface area contributed by atoms with E-state index in [2.05, 4.69) is 38.7 Å². The van der Waals surface area contributed by atoms with Gasteiger partial charge in [0.25, 0.3) is 5.88 Å². The molecule has 3 nitrogen and oxygen atoms in total. The number of ether oxygens (including phenoxy) is 1. The van der Waals surface area contributed by atoms with Gasteiger partial charge in [-0.05, 0) is 49.1 Å². The molecule has 0 saturated carbocycles. The van der Waals surface area contributed by atoms with E-state index in [1.807, 2.05) is 18.2 Å². The summed E-state index contributed by atoms with van der Waals surface area (Å²) in [6.07, 6.45) is 3.56. The maximum absolute atomic E-state index is 5.94. The third-order valence-corrected chi connectivity index (χ3v) is 3.52. The first-order valence-electron chi connectivity index (χ1n) is 7.17. The molecule has 2 heterocycles. The average Bonchev–Trinajstić information content (AvgIpc) is 2.82. The van der Waals surface area contributed by atoms with E-state index in [-0.39, 0.29) is 0 Å². The Morgan fingerprint density at radius 2 is 1.81 bits per heavy atom. The van der Waals surface area contributed by atoms with Gasteiger partial charge in [-0.2, -0.15) is 0 Å². The number of benzene rings is 1. The number of aromatic nitrogens is 1. The molecule has 2 aromatic heterocycles. The zero-order valence-electron chi connectivity index (χ0n) is 12.8. The molecule has 108 valence electrons. The second kappa shape index (κ2) is 5.24. The zero-order chi connectivity index (χ0) is 15.0. The van der Waals surface area contributed by atoms with Gasteiger partial charge in [0.05, 0.1) is 6.26 Å². The molecule has 0 unspecified atom stereocenters. The van der Waals surface area contributed by atoms with Crippen LogP contribution in [0.3, 0.4) is 0 Å². The van der Waals surface area contributed by atoms with E-state index in [1.165, 1.54) is 16.7 Å². The molecule has 0 atom stereocenters. The Kier molecular flexibility index (Phi) is 3.42. The van der Waals surface area contributed by atoms with Crippen LogP contribution in [0.1, 0.15) is 36.5 Å². The molecule has 0 aliphatic rings. The van der Waals surface area contributed by atoms with Gasteiger partial charge in [0.1, 0.15) is 5.75 Å². The van der Waals surface area contributed by atoms with Gasteiger partial charge in [0.15, 0.2) is 5.58 Å². The summed E-state index contributed by atoms with van der Waals surface area (Å²) in [6, 6.07) is 8.09. The standard InChI is InChI=1S/C18H19NO2/c1-11(2)16-10-20-17-15(16)5-6-19-18(17)21-14-8-12(3)7-13(4)9-14/h5-11H,1-4H3. The first kappa shape index (κ1) is 13.7. The molecule has 21 heavy (non-hydrogen) atoms. The van der Waals surface area contributed by atoms with Crippen LogP contribution in [-0.2, 0) is 0 Å². The lowest BCUT2D eigenvalue weighted by Crippen LogP contribution is -1.90. The van der Waals surface area contributed by atoms with Crippen molar-refractivity contribution in [2.45, 2.75) is 33.6 Å². The summed E-state index contributed by atoms with van der Waals surface area (Å²) in [4.78, 5) is 4.32. The Morgan fingerprint density at radius 1 is 1.10 bits per heavy atom. The highest BCUT2D eigenvalue weighted by atomic mass is 16.5. The first-order valence-corrected chi connectivity index (χ1v) is 7.17. The Balaban J connectivity index is 2.04. The fourth-order valence-corrected chi connectivity index (χ4v) is 2.58. The minimum absolute atomic E-state index is 0.405. The summed E-state index contributed by atoms with van der Waals surface area (Å²) >= 11 is 0. The molecule has 3 aromatic rings. The number of fused-ring (bicyclic) bond motifs is 1. The summed E-state index contributed by atoms with van der Waals surface area (Å²) in [5, 5.41) is 1.07. The fourth-order valence-electron chi connectivity index (χ4n) is 2.58. The smallest absolute Gasteiger partial charge is 0.263 e. The predicted octanol–water partition coefficient (Wildman–Crippen LogP) is 5.36. The SMILES string of the molecule is Cc1cc(C)cc(Oc2nccc3c(C(C)C)coc23)c1. The molecular formula is C18H19NO2. The van der Waals surface area contributed by atoms with E-state index in [9.17, 15) is 0 Å². The van der Waals surface area contributed by atoms with Crippen molar-refractivity contribution in [2.75, 3.05) is 0 Å². The lowest BCUT2D eigenvalue weighted by molar-refractivity contribution is 0.453. The molecule has 0 N–H and O–H groups in total. The molecule has 1 aromatic carbocycles. The number of rotatable bonds is 3. The van der Waals surface area contributed by atoms with Crippen LogP contribution < -0.4 is 4.74 Å². The Labute approximate surface area is 124 Å². The molecule has 0 saturated heterocycles. The molecule has 3 heteroatoms. The van der Waals surface area contributed by atoms with E-state index in [4.69, 9.17) is 9.15 Å². The quantitative estimate of drug-likeness (QED) is 0.648. The molecule has 0 amide bonds. The van der Waals surface area contributed by atoms with Gasteiger partial charge >= 0.3 is 0 Å². The Hall–Kier alpha value is -2.29. The van der Waals surface area contributed by atoms with Crippen molar-refractivity contribution >= 4 is 11.0 Å². The first-order chi connectivity index (χ1) is 10.0. The van der Waals surface area contributed by atoms with Crippen molar-refractivity contribution in [3.05, 3.63) is 53.4 Å². The van der Waals surface area contributed by atoms with Gasteiger partial charge in [0.2, 0.25) is 0 Å². The van der Waals surface area contributed by atoms with Crippen LogP contribution in [0.2, 0.25) is 0 Å². The van der Waals surface area contributed by atoms with E-state index >= 15 is 0 Å². The highest BCUT2D eigenvalue weighted by Gasteiger charge is 2.14. The monoisotopic (exact) mass is 281 g/mol. The normalized spacial score (nSPS) is 11.3. The maximum atomic E-state index is 5.94. The summed E-state index contributed by atoms with van der Waals surface area (Å²) in [7, 11) is 0. The minimum Gasteiger partial charge on any atom is -0.458 e. The molecule has 0 aliphatic heterocycles. The Morgan fingerprint density at radius 3 is 2.48 bits per heavy atom. The summed E-state index contributed by atoms with van der Waals surface area (Å²) in [5.74, 6) is 1.71. The van der Waals surface area contributed by atoms with Crippen LogP contribution >= 0.6 is 0 Å². The number of furan rings is 1. The summed E-state index contributed by atoms with van der Waals surface area (Å²) in [6.45, 7) is 8.40. The van der Waals surface area contributed by atoms with Gasteiger partial charge in [-0.15, -0.1) is 0 Å².